The van der Waals surface area contributed by atoms with E-state index < -0.39 is 6.04 Å². The molecule has 2 amide bonds. The largest absolute Gasteiger partial charge is 0.352 e. The predicted molar refractivity (Wildman–Crippen MR) is 132 cm³/mol. The first-order valence-corrected chi connectivity index (χ1v) is 13.3. The molecule has 33 heavy (non-hydrogen) atoms. The summed E-state index contributed by atoms with van der Waals surface area (Å²) in [6, 6.07) is 9.32. The molecule has 172 valence electrons. The Kier molecular flexibility index (Phi) is 6.50. The van der Waals surface area contributed by atoms with E-state index in [1.54, 1.807) is 11.3 Å². The van der Waals surface area contributed by atoms with Crippen molar-refractivity contribution < 1.29 is 9.59 Å². The molecule has 1 aromatic carbocycles. The molecule has 9 heteroatoms. The van der Waals surface area contributed by atoms with E-state index in [9.17, 15) is 14.4 Å². The Morgan fingerprint density at radius 2 is 2.03 bits per heavy atom. The standard InChI is InChI=1S/C24H26N4O3S2/c29-20(26-17(22(30)25-15-9-10-15)11-14-5-2-1-3-6-14)13-32-12-19-27-23(31)21-16-7-4-8-18(16)33-24(21)28-19/h1-3,5-6,15,17H,4,7-13H2,(H,25,30)(H,26,29)(H,27,28,31). The van der Waals surface area contributed by atoms with Crippen LogP contribution in [0.5, 0.6) is 0 Å². The van der Waals surface area contributed by atoms with Crippen molar-refractivity contribution in [3.05, 3.63) is 62.5 Å². The molecule has 2 heterocycles. The van der Waals surface area contributed by atoms with Crippen molar-refractivity contribution in [3.8, 4) is 0 Å². The summed E-state index contributed by atoms with van der Waals surface area (Å²) in [6.07, 6.45) is 5.52. The second-order valence-corrected chi connectivity index (χ2v) is 10.7. The first kappa shape index (κ1) is 22.2. The van der Waals surface area contributed by atoms with Crippen molar-refractivity contribution in [2.45, 2.75) is 56.4 Å². The summed E-state index contributed by atoms with van der Waals surface area (Å²) in [5.74, 6) is 0.855. The number of fused-ring (bicyclic) bond motifs is 3. The Hall–Kier alpha value is -2.65. The van der Waals surface area contributed by atoms with Crippen LogP contribution in [0.2, 0.25) is 0 Å². The van der Waals surface area contributed by atoms with E-state index in [1.807, 2.05) is 30.3 Å². The van der Waals surface area contributed by atoms with E-state index in [0.29, 0.717) is 18.0 Å². The number of amides is 2. The van der Waals surface area contributed by atoms with Gasteiger partial charge in [0.1, 0.15) is 16.7 Å². The van der Waals surface area contributed by atoms with Crippen molar-refractivity contribution in [2.24, 2.45) is 0 Å². The number of hydrogen-bond donors (Lipinski definition) is 3. The summed E-state index contributed by atoms with van der Waals surface area (Å²) in [4.78, 5) is 47.4. The van der Waals surface area contributed by atoms with Gasteiger partial charge in [-0.15, -0.1) is 23.1 Å². The van der Waals surface area contributed by atoms with E-state index in [2.05, 4.69) is 20.6 Å². The molecule has 7 nitrogen and oxygen atoms in total. The van der Waals surface area contributed by atoms with Crippen molar-refractivity contribution >= 4 is 45.1 Å². The molecule has 0 aliphatic heterocycles. The Morgan fingerprint density at radius 1 is 1.21 bits per heavy atom. The fourth-order valence-corrected chi connectivity index (χ4v) is 6.16. The highest BCUT2D eigenvalue weighted by atomic mass is 32.2. The van der Waals surface area contributed by atoms with Crippen LogP contribution in [0.4, 0.5) is 0 Å². The highest BCUT2D eigenvalue weighted by molar-refractivity contribution is 7.99. The zero-order valence-corrected chi connectivity index (χ0v) is 19.8. The predicted octanol–water partition coefficient (Wildman–Crippen LogP) is 2.71. The molecule has 1 unspecified atom stereocenters. The molecular formula is C24H26N4O3S2. The summed E-state index contributed by atoms with van der Waals surface area (Å²) < 4.78 is 0. The summed E-state index contributed by atoms with van der Waals surface area (Å²) in [5.41, 5.74) is 2.08. The minimum Gasteiger partial charge on any atom is -0.352 e. The molecule has 2 aromatic heterocycles. The fourth-order valence-electron chi connectivity index (χ4n) is 4.18. The minimum absolute atomic E-state index is 0.0841. The molecule has 1 fully saturated rings. The van der Waals surface area contributed by atoms with Gasteiger partial charge in [-0.2, -0.15) is 0 Å². The van der Waals surface area contributed by atoms with Crippen LogP contribution < -0.4 is 16.2 Å². The lowest BCUT2D eigenvalue weighted by atomic mass is 10.1. The molecule has 1 atom stereocenters. The number of hydrogen-bond acceptors (Lipinski definition) is 6. The summed E-state index contributed by atoms with van der Waals surface area (Å²) in [6.45, 7) is 0. The number of nitrogens with one attached hydrogen (secondary N) is 3. The highest BCUT2D eigenvalue weighted by Crippen LogP contribution is 2.34. The van der Waals surface area contributed by atoms with Gasteiger partial charge in [0.15, 0.2) is 0 Å². The van der Waals surface area contributed by atoms with Gasteiger partial charge in [-0.1, -0.05) is 30.3 Å². The van der Waals surface area contributed by atoms with Crippen molar-refractivity contribution in [3.63, 3.8) is 0 Å². The lowest BCUT2D eigenvalue weighted by Crippen LogP contribution is -2.49. The monoisotopic (exact) mass is 482 g/mol. The molecule has 0 bridgehead atoms. The highest BCUT2D eigenvalue weighted by Gasteiger charge is 2.28. The number of aromatic amines is 1. The second kappa shape index (κ2) is 9.69. The molecule has 3 N–H and O–H groups in total. The van der Waals surface area contributed by atoms with Gasteiger partial charge >= 0.3 is 0 Å². The Bertz CT molecular complexity index is 1230. The Morgan fingerprint density at radius 3 is 2.82 bits per heavy atom. The van der Waals surface area contributed by atoms with Gasteiger partial charge in [0, 0.05) is 17.3 Å². The van der Waals surface area contributed by atoms with Crippen molar-refractivity contribution in [2.75, 3.05) is 5.75 Å². The van der Waals surface area contributed by atoms with Crippen LogP contribution in [0.3, 0.4) is 0 Å². The van der Waals surface area contributed by atoms with E-state index >= 15 is 0 Å². The lowest BCUT2D eigenvalue weighted by molar-refractivity contribution is -0.128. The van der Waals surface area contributed by atoms with Crippen LogP contribution in [0.1, 0.15) is 41.1 Å². The number of carbonyl (C=O) groups is 2. The second-order valence-electron chi connectivity index (χ2n) is 8.64. The minimum atomic E-state index is -0.608. The number of thioether (sulfide) groups is 1. The molecule has 3 aromatic rings. The van der Waals surface area contributed by atoms with Crippen LogP contribution >= 0.6 is 23.1 Å². The first-order valence-electron chi connectivity index (χ1n) is 11.3. The number of H-pyrrole nitrogens is 1. The molecule has 0 saturated heterocycles. The summed E-state index contributed by atoms with van der Waals surface area (Å²) in [7, 11) is 0. The van der Waals surface area contributed by atoms with Gasteiger partial charge in [0.25, 0.3) is 5.56 Å². The fraction of sp³-hybridized carbons (Fsp3) is 0.417. The van der Waals surface area contributed by atoms with E-state index in [1.165, 1.54) is 16.6 Å². The van der Waals surface area contributed by atoms with Crippen LogP contribution in [0, 0.1) is 0 Å². The Labute approximate surface area is 199 Å². The molecule has 5 rings (SSSR count). The van der Waals surface area contributed by atoms with E-state index in [0.717, 1.165) is 53.4 Å². The number of rotatable bonds is 9. The van der Waals surface area contributed by atoms with Crippen molar-refractivity contribution in [1.29, 1.82) is 0 Å². The molecule has 1 saturated carbocycles. The third-order valence-electron chi connectivity index (χ3n) is 5.95. The number of carbonyl (C=O) groups excluding carboxylic acids is 2. The van der Waals surface area contributed by atoms with Crippen molar-refractivity contribution in [1.82, 2.24) is 20.6 Å². The molecule has 0 spiro atoms. The Balaban J connectivity index is 1.18. The number of aryl methyl sites for hydroxylation is 2. The normalized spacial score (nSPS) is 15.9. The zero-order chi connectivity index (χ0) is 22.8. The zero-order valence-electron chi connectivity index (χ0n) is 18.2. The number of aromatic nitrogens is 2. The van der Waals surface area contributed by atoms with Crippen LogP contribution in [-0.4, -0.2) is 39.6 Å². The maximum absolute atomic E-state index is 12.7. The van der Waals surface area contributed by atoms with Gasteiger partial charge in [-0.3, -0.25) is 14.4 Å². The van der Waals surface area contributed by atoms with Gasteiger partial charge in [-0.05, 0) is 43.2 Å². The first-order chi connectivity index (χ1) is 16.1. The smallest absolute Gasteiger partial charge is 0.259 e. The van der Waals surface area contributed by atoms with E-state index in [4.69, 9.17) is 0 Å². The third kappa shape index (κ3) is 5.30. The number of nitrogens with zero attached hydrogens (tertiary/aromatic N) is 1. The number of thiophene rings is 1. The quantitative estimate of drug-likeness (QED) is 0.435. The van der Waals surface area contributed by atoms with E-state index in [-0.39, 0.29) is 29.2 Å². The molecular weight excluding hydrogens is 456 g/mol. The topological polar surface area (TPSA) is 104 Å². The van der Waals surface area contributed by atoms with Gasteiger partial charge in [0.2, 0.25) is 11.8 Å². The summed E-state index contributed by atoms with van der Waals surface area (Å²) >= 11 is 2.99. The lowest BCUT2D eigenvalue weighted by Gasteiger charge is -2.18. The van der Waals surface area contributed by atoms with Gasteiger partial charge in [0.05, 0.1) is 16.9 Å². The van der Waals surface area contributed by atoms with Crippen LogP contribution in [-0.2, 0) is 34.6 Å². The van der Waals surface area contributed by atoms with Crippen LogP contribution in [0.15, 0.2) is 35.1 Å². The molecule has 2 aliphatic carbocycles. The van der Waals surface area contributed by atoms with Crippen LogP contribution in [0.25, 0.3) is 10.2 Å². The van der Waals surface area contributed by atoms with Gasteiger partial charge in [-0.25, -0.2) is 4.98 Å². The molecule has 0 radical (unpaired) electrons. The molecule has 2 aliphatic rings. The SMILES string of the molecule is O=C(CSCc1nc2sc3c(c2c(=O)[nH]1)CCC3)NC(Cc1ccccc1)C(=O)NC1CC1. The number of benzene rings is 1. The average molecular weight is 483 g/mol. The average Bonchev–Trinajstić information content (AvgIpc) is 3.37. The van der Waals surface area contributed by atoms with Gasteiger partial charge < -0.3 is 15.6 Å². The summed E-state index contributed by atoms with van der Waals surface area (Å²) in [5, 5.41) is 6.62. The maximum atomic E-state index is 12.7. The maximum Gasteiger partial charge on any atom is 0.259 e. The third-order valence-corrected chi connectivity index (χ3v) is 8.08.